The van der Waals surface area contributed by atoms with Crippen molar-refractivity contribution in [3.63, 3.8) is 0 Å². The lowest BCUT2D eigenvalue weighted by Crippen LogP contribution is -1.95. The first-order valence-electron chi connectivity index (χ1n) is 5.64. The number of aliphatic hydroxyl groups is 1. The second-order valence-electron chi connectivity index (χ2n) is 4.12. The van der Waals surface area contributed by atoms with Gasteiger partial charge in [-0.25, -0.2) is 4.98 Å². The van der Waals surface area contributed by atoms with E-state index in [9.17, 15) is 5.11 Å². The van der Waals surface area contributed by atoms with Gasteiger partial charge in [-0.15, -0.1) is 0 Å². The van der Waals surface area contributed by atoms with Crippen molar-refractivity contribution in [3.05, 3.63) is 52.1 Å². The Morgan fingerprint density at radius 1 is 1.28 bits per heavy atom. The first-order valence-corrected chi connectivity index (χ1v) is 6.43. The zero-order chi connectivity index (χ0) is 13.1. The fourth-order valence-corrected chi connectivity index (χ4v) is 2.06. The molecule has 18 heavy (non-hydrogen) atoms. The van der Waals surface area contributed by atoms with Gasteiger partial charge in [0.15, 0.2) is 0 Å². The summed E-state index contributed by atoms with van der Waals surface area (Å²) in [6, 6.07) is 9.29. The predicted octanol–water partition coefficient (Wildman–Crippen LogP) is 4.00. The van der Waals surface area contributed by atoms with Gasteiger partial charge in [0.1, 0.15) is 5.75 Å². The highest BCUT2D eigenvalue weighted by Crippen LogP contribution is 2.27. The van der Waals surface area contributed by atoms with Crippen molar-refractivity contribution in [2.45, 2.75) is 20.0 Å². The average molecular weight is 308 g/mol. The molecule has 0 aliphatic heterocycles. The summed E-state index contributed by atoms with van der Waals surface area (Å²) in [5.74, 6) is 1.24. The molecule has 1 aromatic heterocycles. The fraction of sp³-hybridized carbons (Fsp3) is 0.214. The lowest BCUT2D eigenvalue weighted by Gasteiger charge is -2.10. The number of aliphatic hydroxyl groups excluding tert-OH is 1. The lowest BCUT2D eigenvalue weighted by atomic mass is 10.2. The molecule has 0 bridgehead atoms. The Morgan fingerprint density at radius 2 is 2.06 bits per heavy atom. The molecule has 2 rings (SSSR count). The average Bonchev–Trinajstić information content (AvgIpc) is 2.33. The summed E-state index contributed by atoms with van der Waals surface area (Å²) >= 11 is 3.41. The topological polar surface area (TPSA) is 42.4 Å². The Bertz CT molecular complexity index is 555. The molecule has 0 radical (unpaired) electrons. The van der Waals surface area contributed by atoms with E-state index in [1.165, 1.54) is 0 Å². The number of hydrogen-bond donors (Lipinski definition) is 1. The van der Waals surface area contributed by atoms with Crippen molar-refractivity contribution in [1.29, 1.82) is 0 Å². The Morgan fingerprint density at radius 3 is 2.72 bits per heavy atom. The van der Waals surface area contributed by atoms with Gasteiger partial charge in [0.05, 0.1) is 6.10 Å². The summed E-state index contributed by atoms with van der Waals surface area (Å²) in [4.78, 5) is 4.14. The zero-order valence-electron chi connectivity index (χ0n) is 10.2. The van der Waals surface area contributed by atoms with Gasteiger partial charge < -0.3 is 9.84 Å². The first-order chi connectivity index (χ1) is 8.56. The van der Waals surface area contributed by atoms with Gasteiger partial charge in [-0.1, -0.05) is 15.9 Å². The summed E-state index contributed by atoms with van der Waals surface area (Å²) in [6.45, 7) is 3.68. The van der Waals surface area contributed by atoms with Crippen LogP contribution in [0.5, 0.6) is 11.6 Å². The lowest BCUT2D eigenvalue weighted by molar-refractivity contribution is 0.198. The summed E-state index contributed by atoms with van der Waals surface area (Å²) in [6.07, 6.45) is 1.10. The number of pyridine rings is 1. The third-order valence-electron chi connectivity index (χ3n) is 2.59. The third kappa shape index (κ3) is 3.09. The Labute approximate surface area is 115 Å². The second-order valence-corrected chi connectivity index (χ2v) is 5.03. The molecule has 4 heteroatoms. The van der Waals surface area contributed by atoms with Crippen molar-refractivity contribution in [3.8, 4) is 11.6 Å². The number of halogens is 1. The quantitative estimate of drug-likeness (QED) is 0.932. The minimum absolute atomic E-state index is 0.485. The van der Waals surface area contributed by atoms with E-state index in [4.69, 9.17) is 4.74 Å². The van der Waals surface area contributed by atoms with Crippen LogP contribution in [0.15, 0.2) is 41.0 Å². The fourth-order valence-electron chi connectivity index (χ4n) is 1.58. The van der Waals surface area contributed by atoms with Crippen LogP contribution in [0.3, 0.4) is 0 Å². The Kier molecular flexibility index (Phi) is 3.99. The van der Waals surface area contributed by atoms with E-state index >= 15 is 0 Å². The molecule has 0 spiro atoms. The van der Waals surface area contributed by atoms with Crippen LogP contribution >= 0.6 is 15.9 Å². The highest BCUT2D eigenvalue weighted by atomic mass is 79.9. The van der Waals surface area contributed by atoms with Crippen LogP contribution in [0, 0.1) is 6.92 Å². The number of nitrogens with zero attached hydrogens (tertiary/aromatic N) is 1. The molecule has 0 aliphatic rings. The van der Waals surface area contributed by atoms with Gasteiger partial charge in [-0.3, -0.25) is 0 Å². The third-order valence-corrected chi connectivity index (χ3v) is 3.09. The molecule has 94 valence electrons. The molecular formula is C14H14BrNO2. The van der Waals surface area contributed by atoms with Gasteiger partial charge in [-0.2, -0.15) is 0 Å². The monoisotopic (exact) mass is 307 g/mol. The summed E-state index contributed by atoms with van der Waals surface area (Å²) < 4.78 is 6.72. The van der Waals surface area contributed by atoms with Crippen molar-refractivity contribution in [1.82, 2.24) is 4.98 Å². The summed E-state index contributed by atoms with van der Waals surface area (Å²) in [5.41, 5.74) is 1.81. The van der Waals surface area contributed by atoms with E-state index in [0.717, 1.165) is 21.3 Å². The second kappa shape index (κ2) is 5.50. The molecule has 1 heterocycles. The highest BCUT2D eigenvalue weighted by molar-refractivity contribution is 9.10. The normalized spacial score (nSPS) is 12.2. The van der Waals surface area contributed by atoms with Crippen molar-refractivity contribution >= 4 is 15.9 Å². The molecule has 0 amide bonds. The molecule has 1 aromatic carbocycles. The molecule has 0 aliphatic carbocycles. The van der Waals surface area contributed by atoms with Gasteiger partial charge in [0.2, 0.25) is 5.88 Å². The number of hydrogen-bond acceptors (Lipinski definition) is 3. The van der Waals surface area contributed by atoms with Gasteiger partial charge in [0, 0.05) is 16.7 Å². The molecule has 2 aromatic rings. The van der Waals surface area contributed by atoms with Gasteiger partial charge in [-0.05, 0) is 49.2 Å². The number of ether oxygens (including phenoxy) is 1. The Hall–Kier alpha value is -1.39. The van der Waals surface area contributed by atoms with E-state index in [1.807, 2.05) is 25.1 Å². The first kappa shape index (κ1) is 13.1. The van der Waals surface area contributed by atoms with E-state index in [2.05, 4.69) is 20.9 Å². The number of rotatable bonds is 3. The summed E-state index contributed by atoms with van der Waals surface area (Å²) in [7, 11) is 0. The van der Waals surface area contributed by atoms with E-state index in [0.29, 0.717) is 5.88 Å². The van der Waals surface area contributed by atoms with Crippen molar-refractivity contribution in [2.75, 3.05) is 0 Å². The van der Waals surface area contributed by atoms with E-state index in [1.54, 1.807) is 25.3 Å². The smallest absolute Gasteiger partial charge is 0.219 e. The summed E-state index contributed by atoms with van der Waals surface area (Å²) in [5, 5.41) is 9.52. The van der Waals surface area contributed by atoms with Crippen LogP contribution in [-0.4, -0.2) is 10.1 Å². The molecule has 3 nitrogen and oxygen atoms in total. The molecule has 0 saturated heterocycles. The molecular weight excluding hydrogens is 294 g/mol. The van der Waals surface area contributed by atoms with Crippen LogP contribution in [0.25, 0.3) is 0 Å². The van der Waals surface area contributed by atoms with E-state index < -0.39 is 6.10 Å². The molecule has 1 atom stereocenters. The van der Waals surface area contributed by atoms with Crippen LogP contribution in [-0.2, 0) is 0 Å². The molecule has 0 fully saturated rings. The minimum atomic E-state index is -0.527. The van der Waals surface area contributed by atoms with Gasteiger partial charge >= 0.3 is 0 Å². The Balaban J connectivity index is 2.25. The zero-order valence-corrected chi connectivity index (χ0v) is 11.8. The standard InChI is InChI=1S/C14H14BrNO2/c1-9-7-12(15)3-4-13(9)18-14-8-11(10(2)17)5-6-16-14/h3-8,10,17H,1-2H3/t10-/m0/s1. The highest BCUT2D eigenvalue weighted by Gasteiger charge is 2.06. The van der Waals surface area contributed by atoms with Crippen LogP contribution < -0.4 is 4.74 Å². The number of aryl methyl sites for hydroxylation is 1. The van der Waals surface area contributed by atoms with Crippen LogP contribution in [0.1, 0.15) is 24.2 Å². The van der Waals surface area contributed by atoms with Gasteiger partial charge in [0.25, 0.3) is 0 Å². The maximum Gasteiger partial charge on any atom is 0.219 e. The largest absolute Gasteiger partial charge is 0.439 e. The number of aromatic nitrogens is 1. The van der Waals surface area contributed by atoms with Crippen molar-refractivity contribution in [2.24, 2.45) is 0 Å². The minimum Gasteiger partial charge on any atom is -0.439 e. The number of benzene rings is 1. The molecule has 0 unspecified atom stereocenters. The maximum absolute atomic E-state index is 9.52. The van der Waals surface area contributed by atoms with Crippen LogP contribution in [0.4, 0.5) is 0 Å². The van der Waals surface area contributed by atoms with Crippen LogP contribution in [0.2, 0.25) is 0 Å². The van der Waals surface area contributed by atoms with E-state index in [-0.39, 0.29) is 0 Å². The SMILES string of the molecule is Cc1cc(Br)ccc1Oc1cc([C@H](C)O)ccn1. The predicted molar refractivity (Wildman–Crippen MR) is 73.8 cm³/mol. The molecule has 0 saturated carbocycles. The van der Waals surface area contributed by atoms with Crippen molar-refractivity contribution < 1.29 is 9.84 Å². The molecule has 1 N–H and O–H groups in total. The maximum atomic E-state index is 9.52.